The molecule has 0 aliphatic heterocycles. The Balaban J connectivity index is -0.000000680. The Kier molecular flexibility index (Phi) is 47.2. The number of amides is 2. The van der Waals surface area contributed by atoms with Crippen LogP contribution in [-0.4, -0.2) is 29.4 Å². The lowest BCUT2D eigenvalue weighted by atomic mass is 10.0. The summed E-state index contributed by atoms with van der Waals surface area (Å²) in [5.41, 5.74) is 14.8. The molecule has 45 heavy (non-hydrogen) atoms. The van der Waals surface area contributed by atoms with E-state index in [0.717, 1.165) is 12.8 Å². The van der Waals surface area contributed by atoms with E-state index in [1.165, 1.54) is 180 Å². The fourth-order valence-corrected chi connectivity index (χ4v) is 5.34. The first-order valence-electron chi connectivity index (χ1n) is 19.3. The van der Waals surface area contributed by atoms with Crippen LogP contribution in [0.25, 0.3) is 0 Å². The van der Waals surface area contributed by atoms with Crippen molar-refractivity contribution in [3.05, 3.63) is 0 Å². The molecular formula is C38H79N3O4. The van der Waals surface area contributed by atoms with Gasteiger partial charge in [0.05, 0.1) is 6.54 Å². The molecule has 0 aromatic heterocycles. The molecule has 0 aromatic rings. The molecule has 7 nitrogen and oxygen atoms in total. The molecule has 0 heterocycles. The van der Waals surface area contributed by atoms with Crippen molar-refractivity contribution in [3.63, 3.8) is 0 Å². The number of aliphatic carboxylic acids is 1. The molecule has 0 bridgehead atoms. The highest BCUT2D eigenvalue weighted by atomic mass is 16.4. The number of carboxylic acid groups (broad SMARTS) is 1. The van der Waals surface area contributed by atoms with Gasteiger partial charge in [-0.2, -0.15) is 0 Å². The average Bonchev–Trinajstić information content (AvgIpc) is 3.01. The maximum Gasteiger partial charge on any atom is 0.317 e. The van der Waals surface area contributed by atoms with Crippen LogP contribution in [0, 0.1) is 0 Å². The summed E-state index contributed by atoms with van der Waals surface area (Å²) in [4.78, 5) is 30.4. The maximum atomic E-state index is 10.6. The third-order valence-corrected chi connectivity index (χ3v) is 8.23. The van der Waals surface area contributed by atoms with Crippen LogP contribution in [0.2, 0.25) is 0 Å². The van der Waals surface area contributed by atoms with Crippen molar-refractivity contribution in [1.82, 2.24) is 0 Å². The standard InChI is InChI=1S/2C18H37NO.C2H5NO2/c2*1-2-3-4-5-6-7-8-9-10-11-12-13-14-15-16-17-18(19)20;3-1-2(4)5/h2*2-17H2,1H3,(H2,19,20);1,3H2,(H,4,5). The van der Waals surface area contributed by atoms with E-state index in [9.17, 15) is 14.4 Å². The van der Waals surface area contributed by atoms with E-state index < -0.39 is 5.97 Å². The molecule has 0 radical (unpaired) electrons. The second-order valence-electron chi connectivity index (χ2n) is 12.9. The zero-order valence-corrected chi connectivity index (χ0v) is 30.2. The van der Waals surface area contributed by atoms with Crippen molar-refractivity contribution in [1.29, 1.82) is 0 Å². The Morgan fingerprint density at radius 2 is 0.533 bits per heavy atom. The largest absolute Gasteiger partial charge is 0.480 e. The van der Waals surface area contributed by atoms with Gasteiger partial charge < -0.3 is 22.3 Å². The van der Waals surface area contributed by atoms with E-state index in [1.807, 2.05) is 0 Å². The topological polar surface area (TPSA) is 150 Å². The minimum atomic E-state index is -0.968. The molecule has 2 amide bonds. The fraction of sp³-hybridized carbons (Fsp3) is 0.921. The van der Waals surface area contributed by atoms with Crippen LogP contribution in [0.5, 0.6) is 0 Å². The molecule has 0 aromatic carbocycles. The molecule has 0 saturated heterocycles. The number of rotatable bonds is 33. The van der Waals surface area contributed by atoms with Crippen LogP contribution in [-0.2, 0) is 14.4 Å². The first-order chi connectivity index (χ1) is 21.8. The number of hydrogen-bond donors (Lipinski definition) is 4. The lowest BCUT2D eigenvalue weighted by molar-refractivity contribution is -0.135. The molecule has 0 saturated carbocycles. The SMILES string of the molecule is CCCCCCCCCCCCCCCCCC(N)=O.CCCCCCCCCCCCCCCCCC(N)=O.NCC(=O)O. The van der Waals surface area contributed by atoms with Gasteiger partial charge in [0, 0.05) is 12.8 Å². The van der Waals surface area contributed by atoms with Crippen LogP contribution in [0.1, 0.15) is 219 Å². The van der Waals surface area contributed by atoms with Gasteiger partial charge >= 0.3 is 5.97 Å². The third kappa shape index (κ3) is 58.5. The molecular weight excluding hydrogens is 562 g/mol. The Morgan fingerprint density at radius 3 is 0.667 bits per heavy atom. The van der Waals surface area contributed by atoms with E-state index in [2.05, 4.69) is 19.6 Å². The van der Waals surface area contributed by atoms with Crippen LogP contribution >= 0.6 is 0 Å². The van der Waals surface area contributed by atoms with Crippen molar-refractivity contribution >= 4 is 17.8 Å². The lowest BCUT2D eigenvalue weighted by Crippen LogP contribution is -2.10. The predicted molar refractivity (Wildman–Crippen MR) is 194 cm³/mol. The zero-order chi connectivity index (χ0) is 34.1. The van der Waals surface area contributed by atoms with E-state index >= 15 is 0 Å². The smallest absolute Gasteiger partial charge is 0.317 e. The van der Waals surface area contributed by atoms with Crippen molar-refractivity contribution in [3.8, 4) is 0 Å². The number of unbranched alkanes of at least 4 members (excludes halogenated alkanes) is 28. The second kappa shape index (κ2) is 44.5. The average molecular weight is 642 g/mol. The van der Waals surface area contributed by atoms with Crippen molar-refractivity contribution < 1.29 is 19.5 Å². The molecule has 0 fully saturated rings. The number of hydrogen-bond acceptors (Lipinski definition) is 4. The van der Waals surface area contributed by atoms with Gasteiger partial charge in [-0.25, -0.2) is 0 Å². The van der Waals surface area contributed by atoms with E-state index in [4.69, 9.17) is 16.6 Å². The zero-order valence-electron chi connectivity index (χ0n) is 30.2. The van der Waals surface area contributed by atoms with E-state index in [1.54, 1.807) is 0 Å². The summed E-state index contributed by atoms with van der Waals surface area (Å²) in [6, 6.07) is 0. The molecule has 0 atom stereocenters. The summed E-state index contributed by atoms with van der Waals surface area (Å²) in [5, 5.41) is 7.60. The summed E-state index contributed by atoms with van der Waals surface area (Å²) in [7, 11) is 0. The summed E-state index contributed by atoms with van der Waals surface area (Å²) in [6.45, 7) is 4.27. The number of carboxylic acids is 1. The van der Waals surface area contributed by atoms with Gasteiger partial charge in [-0.1, -0.05) is 194 Å². The maximum absolute atomic E-state index is 10.6. The first kappa shape index (κ1) is 47.8. The summed E-state index contributed by atoms with van der Waals surface area (Å²) < 4.78 is 0. The van der Waals surface area contributed by atoms with Crippen LogP contribution in [0.15, 0.2) is 0 Å². The van der Waals surface area contributed by atoms with Gasteiger partial charge in [-0.3, -0.25) is 14.4 Å². The van der Waals surface area contributed by atoms with Crippen molar-refractivity contribution in [2.75, 3.05) is 6.54 Å². The normalized spacial score (nSPS) is 10.5. The quantitative estimate of drug-likeness (QED) is 0.0526. The van der Waals surface area contributed by atoms with Gasteiger partial charge in [-0.05, 0) is 12.8 Å². The monoisotopic (exact) mass is 642 g/mol. The van der Waals surface area contributed by atoms with Gasteiger partial charge in [0.15, 0.2) is 0 Å². The van der Waals surface area contributed by atoms with Gasteiger partial charge in [0.25, 0.3) is 0 Å². The lowest BCUT2D eigenvalue weighted by Gasteiger charge is -2.03. The van der Waals surface area contributed by atoms with Crippen LogP contribution in [0.3, 0.4) is 0 Å². The minimum Gasteiger partial charge on any atom is -0.480 e. The molecule has 0 rings (SSSR count). The highest BCUT2D eigenvalue weighted by Gasteiger charge is 1.97. The molecule has 0 aliphatic carbocycles. The Hall–Kier alpha value is -1.63. The van der Waals surface area contributed by atoms with E-state index in [-0.39, 0.29) is 18.4 Å². The van der Waals surface area contributed by atoms with Crippen LogP contribution < -0.4 is 17.2 Å². The molecule has 0 aliphatic rings. The Morgan fingerprint density at radius 1 is 0.378 bits per heavy atom. The number of primary amides is 2. The highest BCUT2D eigenvalue weighted by Crippen LogP contribution is 2.15. The molecule has 270 valence electrons. The molecule has 7 N–H and O–H groups in total. The molecule has 0 unspecified atom stereocenters. The molecule has 7 heteroatoms. The second-order valence-corrected chi connectivity index (χ2v) is 12.9. The molecule has 0 spiro atoms. The minimum absolute atomic E-state index is 0.153. The Bertz CT molecular complexity index is 558. The van der Waals surface area contributed by atoms with Crippen molar-refractivity contribution in [2.24, 2.45) is 17.2 Å². The van der Waals surface area contributed by atoms with Gasteiger partial charge in [0.1, 0.15) is 0 Å². The third-order valence-electron chi connectivity index (χ3n) is 8.23. The Labute approximate surface area is 280 Å². The van der Waals surface area contributed by atoms with Gasteiger partial charge in [-0.15, -0.1) is 0 Å². The van der Waals surface area contributed by atoms with Crippen molar-refractivity contribution in [2.45, 2.75) is 219 Å². The number of nitrogens with two attached hydrogens (primary N) is 3. The summed E-state index contributed by atoms with van der Waals surface area (Å²) in [6.07, 6.45) is 41.8. The van der Waals surface area contributed by atoms with Crippen LogP contribution in [0.4, 0.5) is 0 Å². The summed E-state index contributed by atoms with van der Waals surface area (Å²) in [5.74, 6) is -1.27. The number of carbonyl (C=O) groups is 3. The van der Waals surface area contributed by atoms with Gasteiger partial charge in [0.2, 0.25) is 11.8 Å². The predicted octanol–water partition coefficient (Wildman–Crippen LogP) is 10.5. The first-order valence-corrected chi connectivity index (χ1v) is 19.3. The summed E-state index contributed by atoms with van der Waals surface area (Å²) >= 11 is 0. The fourth-order valence-electron chi connectivity index (χ4n) is 5.34. The highest BCUT2D eigenvalue weighted by molar-refractivity contribution is 5.73. The number of carbonyl (C=O) groups excluding carboxylic acids is 2. The van der Waals surface area contributed by atoms with E-state index in [0.29, 0.717) is 12.8 Å².